The van der Waals surface area contributed by atoms with Gasteiger partial charge < -0.3 is 21.1 Å². The molecule has 0 aliphatic heterocycles. The molecule has 0 spiro atoms. The fraction of sp³-hybridized carbons (Fsp3) is 0. The van der Waals surface area contributed by atoms with Gasteiger partial charge in [-0.15, -0.1) is 0 Å². The van der Waals surface area contributed by atoms with E-state index in [2.05, 4.69) is 20.3 Å². The van der Waals surface area contributed by atoms with Gasteiger partial charge in [0.05, 0.1) is 11.1 Å². The van der Waals surface area contributed by atoms with Gasteiger partial charge in [-0.05, 0) is 24.3 Å². The Morgan fingerprint density at radius 2 is 1.52 bits per heavy atom. The van der Waals surface area contributed by atoms with E-state index < -0.39 is 6.03 Å². The van der Waals surface area contributed by atoms with Crippen molar-refractivity contribution in [2.24, 2.45) is 5.73 Å². The molecule has 0 aliphatic rings. The third-order valence-corrected chi connectivity index (χ3v) is 3.24. The van der Waals surface area contributed by atoms with Crippen LogP contribution >= 0.6 is 0 Å². The zero-order chi connectivity index (χ0) is 18.0. The number of nitrogens with two attached hydrogens (primary N) is 1. The third-order valence-electron chi connectivity index (χ3n) is 3.24. The Bertz CT molecular complexity index is 961. The van der Waals surface area contributed by atoms with Crippen LogP contribution in [-0.4, -0.2) is 36.3 Å². The molecule has 1 aromatic heterocycles. The maximum atomic E-state index is 11.1. The zero-order valence-corrected chi connectivity index (χ0v) is 12.7. The van der Waals surface area contributed by atoms with Crippen LogP contribution in [0, 0.1) is 0 Å². The number of hydrogen-bond donors (Lipinski definition) is 5. The molecule has 0 atom stereocenters. The highest BCUT2D eigenvalue weighted by Crippen LogP contribution is 2.32. The number of para-hydroxylation sites is 1. The van der Waals surface area contributed by atoms with Crippen molar-refractivity contribution >= 4 is 12.0 Å². The Kier molecular flexibility index (Phi) is 4.04. The van der Waals surface area contributed by atoms with Gasteiger partial charge in [0, 0.05) is 6.07 Å². The van der Waals surface area contributed by atoms with E-state index >= 15 is 0 Å². The van der Waals surface area contributed by atoms with E-state index in [4.69, 9.17) is 5.73 Å². The first-order valence-electron chi connectivity index (χ1n) is 7.07. The SMILES string of the molecule is NC(=O)Nc1nc(-c2ccccc2O)nc(-c2ccc(O)cc2O)n1. The summed E-state index contributed by atoms with van der Waals surface area (Å²) in [6.07, 6.45) is 0. The number of benzene rings is 2. The molecule has 6 N–H and O–H groups in total. The summed E-state index contributed by atoms with van der Waals surface area (Å²) in [7, 11) is 0. The fourth-order valence-corrected chi connectivity index (χ4v) is 2.15. The standard InChI is InChI=1S/C16H13N5O4/c17-15(25)21-16-19-13(9-3-1-2-4-11(9)23)18-14(20-16)10-6-5-8(22)7-12(10)24/h1-7,22-24H,(H3,17,18,19,20,21,25). The number of carbonyl (C=O) groups excluding carboxylic acids is 1. The molecule has 25 heavy (non-hydrogen) atoms. The predicted octanol–water partition coefficient (Wildman–Crippen LogP) is 1.81. The number of nitrogens with one attached hydrogen (secondary N) is 1. The number of anilines is 1. The second-order valence-corrected chi connectivity index (χ2v) is 5.01. The summed E-state index contributed by atoms with van der Waals surface area (Å²) in [6, 6.07) is 9.35. The number of rotatable bonds is 3. The van der Waals surface area contributed by atoms with Crippen molar-refractivity contribution in [1.82, 2.24) is 15.0 Å². The van der Waals surface area contributed by atoms with Gasteiger partial charge in [-0.3, -0.25) is 5.32 Å². The topological polar surface area (TPSA) is 154 Å². The van der Waals surface area contributed by atoms with Gasteiger partial charge in [0.15, 0.2) is 11.6 Å². The molecule has 0 bridgehead atoms. The smallest absolute Gasteiger partial charge is 0.319 e. The van der Waals surface area contributed by atoms with Crippen molar-refractivity contribution < 1.29 is 20.1 Å². The van der Waals surface area contributed by atoms with Gasteiger partial charge in [0.2, 0.25) is 5.95 Å². The van der Waals surface area contributed by atoms with Crippen LogP contribution in [0.15, 0.2) is 42.5 Å². The van der Waals surface area contributed by atoms with Crippen LogP contribution in [0.1, 0.15) is 0 Å². The van der Waals surface area contributed by atoms with Crippen molar-refractivity contribution in [3.63, 3.8) is 0 Å². The normalized spacial score (nSPS) is 10.4. The van der Waals surface area contributed by atoms with E-state index in [0.717, 1.165) is 6.07 Å². The number of hydrogen-bond acceptors (Lipinski definition) is 7. The van der Waals surface area contributed by atoms with Crippen LogP contribution < -0.4 is 11.1 Å². The van der Waals surface area contributed by atoms with Gasteiger partial charge in [0.1, 0.15) is 17.2 Å². The van der Waals surface area contributed by atoms with Crippen molar-refractivity contribution in [3.05, 3.63) is 42.5 Å². The first-order valence-corrected chi connectivity index (χ1v) is 7.07. The van der Waals surface area contributed by atoms with E-state index in [9.17, 15) is 20.1 Å². The van der Waals surface area contributed by atoms with E-state index in [1.165, 1.54) is 18.2 Å². The molecule has 0 aliphatic carbocycles. The highest BCUT2D eigenvalue weighted by molar-refractivity contribution is 5.86. The molecular weight excluding hydrogens is 326 g/mol. The summed E-state index contributed by atoms with van der Waals surface area (Å²) < 4.78 is 0. The van der Waals surface area contributed by atoms with Crippen LogP contribution in [0.3, 0.4) is 0 Å². The number of aromatic hydroxyl groups is 3. The lowest BCUT2D eigenvalue weighted by Crippen LogP contribution is -2.21. The Labute approximate surface area is 141 Å². The van der Waals surface area contributed by atoms with Crippen LogP contribution in [0.4, 0.5) is 10.7 Å². The van der Waals surface area contributed by atoms with E-state index in [-0.39, 0.29) is 40.4 Å². The summed E-state index contributed by atoms with van der Waals surface area (Å²) in [5, 5.41) is 31.7. The number of urea groups is 1. The van der Waals surface area contributed by atoms with E-state index in [1.807, 2.05) is 0 Å². The minimum absolute atomic E-state index is 0.0227. The third kappa shape index (κ3) is 3.39. The molecule has 1 heterocycles. The quantitative estimate of drug-likeness (QED) is 0.487. The molecule has 126 valence electrons. The maximum Gasteiger partial charge on any atom is 0.319 e. The lowest BCUT2D eigenvalue weighted by molar-refractivity contribution is 0.259. The monoisotopic (exact) mass is 339 g/mol. The van der Waals surface area contributed by atoms with Crippen LogP contribution in [0.2, 0.25) is 0 Å². The molecule has 0 saturated carbocycles. The molecule has 9 nitrogen and oxygen atoms in total. The summed E-state index contributed by atoms with van der Waals surface area (Å²) in [5.74, 6) is -0.525. The van der Waals surface area contributed by atoms with Gasteiger partial charge in [-0.1, -0.05) is 12.1 Å². The van der Waals surface area contributed by atoms with Crippen LogP contribution in [-0.2, 0) is 0 Å². The fourth-order valence-electron chi connectivity index (χ4n) is 2.15. The Balaban J connectivity index is 2.20. The van der Waals surface area contributed by atoms with Crippen molar-refractivity contribution in [2.75, 3.05) is 5.32 Å². The Hall–Kier alpha value is -3.88. The van der Waals surface area contributed by atoms with E-state index in [1.54, 1.807) is 18.2 Å². The van der Waals surface area contributed by atoms with E-state index in [0.29, 0.717) is 5.56 Å². The average Bonchev–Trinajstić information content (AvgIpc) is 2.54. The van der Waals surface area contributed by atoms with Gasteiger partial charge in [0.25, 0.3) is 0 Å². The summed E-state index contributed by atoms with van der Waals surface area (Å²) in [4.78, 5) is 23.4. The number of nitrogens with zero attached hydrogens (tertiary/aromatic N) is 3. The second-order valence-electron chi connectivity index (χ2n) is 5.01. The summed E-state index contributed by atoms with van der Waals surface area (Å²) >= 11 is 0. The van der Waals surface area contributed by atoms with Crippen LogP contribution in [0.5, 0.6) is 17.2 Å². The Morgan fingerprint density at radius 3 is 2.12 bits per heavy atom. The largest absolute Gasteiger partial charge is 0.508 e. The molecule has 2 amide bonds. The van der Waals surface area contributed by atoms with Crippen LogP contribution in [0.25, 0.3) is 22.8 Å². The number of phenols is 3. The Morgan fingerprint density at radius 1 is 0.880 bits per heavy atom. The zero-order valence-electron chi connectivity index (χ0n) is 12.7. The highest BCUT2D eigenvalue weighted by atomic mass is 16.3. The maximum absolute atomic E-state index is 11.1. The van der Waals surface area contributed by atoms with Crippen molar-refractivity contribution in [2.45, 2.75) is 0 Å². The number of primary amides is 1. The molecular formula is C16H13N5O4. The molecule has 9 heteroatoms. The number of carbonyl (C=O) groups is 1. The lowest BCUT2D eigenvalue weighted by atomic mass is 10.1. The number of aromatic nitrogens is 3. The van der Waals surface area contributed by atoms with Gasteiger partial charge >= 0.3 is 6.03 Å². The van der Waals surface area contributed by atoms with Crippen molar-refractivity contribution in [3.8, 4) is 40.0 Å². The van der Waals surface area contributed by atoms with Gasteiger partial charge in [-0.25, -0.2) is 9.78 Å². The van der Waals surface area contributed by atoms with Gasteiger partial charge in [-0.2, -0.15) is 9.97 Å². The molecule has 0 fully saturated rings. The molecule has 3 aromatic rings. The average molecular weight is 339 g/mol. The number of phenolic OH excluding ortho intramolecular Hbond substituents is 3. The molecule has 0 unspecified atom stereocenters. The minimum Gasteiger partial charge on any atom is -0.508 e. The molecule has 3 rings (SSSR count). The molecule has 0 saturated heterocycles. The summed E-state index contributed by atoms with van der Waals surface area (Å²) in [5.41, 5.74) is 5.60. The first kappa shape index (κ1) is 16.0. The minimum atomic E-state index is -0.879. The summed E-state index contributed by atoms with van der Waals surface area (Å²) in [6.45, 7) is 0. The first-order chi connectivity index (χ1) is 11.9. The highest BCUT2D eigenvalue weighted by Gasteiger charge is 2.16. The lowest BCUT2D eigenvalue weighted by Gasteiger charge is -2.09. The number of amides is 2. The predicted molar refractivity (Wildman–Crippen MR) is 88.9 cm³/mol. The molecule has 0 radical (unpaired) electrons. The van der Waals surface area contributed by atoms with Crippen molar-refractivity contribution in [1.29, 1.82) is 0 Å². The molecule has 2 aromatic carbocycles. The second kappa shape index (κ2) is 6.32.